The van der Waals surface area contributed by atoms with Gasteiger partial charge in [0.25, 0.3) is 0 Å². The molecule has 1 aromatic rings. The predicted molar refractivity (Wildman–Crippen MR) is 55.3 cm³/mol. The summed E-state index contributed by atoms with van der Waals surface area (Å²) < 4.78 is 5.75. The highest BCUT2D eigenvalue weighted by atomic mass is 79.9. The quantitative estimate of drug-likeness (QED) is 0.864. The number of para-hydroxylation sites is 1. The number of aliphatic carboxylic acids is 1. The molecule has 3 N–H and O–H groups in total. The number of carbonyl (C=O) groups is 1. The van der Waals surface area contributed by atoms with Gasteiger partial charge >= 0.3 is 5.97 Å². The monoisotopic (exact) mass is 259 g/mol. The topological polar surface area (TPSA) is 72.5 Å². The van der Waals surface area contributed by atoms with Gasteiger partial charge in [0, 0.05) is 5.56 Å². The van der Waals surface area contributed by atoms with Crippen molar-refractivity contribution in [3.05, 3.63) is 28.2 Å². The van der Waals surface area contributed by atoms with Crippen LogP contribution in [0.15, 0.2) is 22.7 Å². The van der Waals surface area contributed by atoms with Gasteiger partial charge in [-0.05, 0) is 22.0 Å². The fourth-order valence-electron chi connectivity index (χ4n) is 1.12. The van der Waals surface area contributed by atoms with Gasteiger partial charge in [0.2, 0.25) is 0 Å². The van der Waals surface area contributed by atoms with Gasteiger partial charge in [-0.15, -0.1) is 0 Å². The Balaban J connectivity index is 3.20. The van der Waals surface area contributed by atoms with Gasteiger partial charge in [0.1, 0.15) is 11.8 Å². The number of carboxylic acid groups (broad SMARTS) is 1. The lowest BCUT2D eigenvalue weighted by Gasteiger charge is -2.12. The van der Waals surface area contributed by atoms with Crippen molar-refractivity contribution in [2.24, 2.45) is 5.73 Å². The molecular weight excluding hydrogens is 250 g/mol. The molecule has 1 aromatic carbocycles. The fraction of sp³-hybridized carbons (Fsp3) is 0.222. The fourth-order valence-corrected chi connectivity index (χ4v) is 1.66. The van der Waals surface area contributed by atoms with Crippen LogP contribution in [0.1, 0.15) is 11.6 Å². The van der Waals surface area contributed by atoms with Crippen molar-refractivity contribution < 1.29 is 14.6 Å². The second kappa shape index (κ2) is 4.43. The van der Waals surface area contributed by atoms with E-state index in [2.05, 4.69) is 15.9 Å². The van der Waals surface area contributed by atoms with E-state index in [0.717, 1.165) is 0 Å². The molecule has 0 bridgehead atoms. The van der Waals surface area contributed by atoms with Crippen LogP contribution in [-0.2, 0) is 4.79 Å². The maximum Gasteiger partial charge on any atom is 0.325 e. The van der Waals surface area contributed by atoms with Crippen LogP contribution in [0.25, 0.3) is 0 Å². The summed E-state index contributed by atoms with van der Waals surface area (Å²) >= 11 is 3.25. The van der Waals surface area contributed by atoms with Gasteiger partial charge in [0.15, 0.2) is 0 Å². The predicted octanol–water partition coefficient (Wildman–Crippen LogP) is 1.54. The van der Waals surface area contributed by atoms with E-state index in [-0.39, 0.29) is 0 Å². The Morgan fingerprint density at radius 3 is 2.79 bits per heavy atom. The van der Waals surface area contributed by atoms with Crippen LogP contribution in [0.2, 0.25) is 0 Å². The van der Waals surface area contributed by atoms with Crippen molar-refractivity contribution in [2.75, 3.05) is 7.11 Å². The SMILES string of the molecule is COc1c(Br)cccc1[C@H](N)C(=O)O. The van der Waals surface area contributed by atoms with E-state index in [1.165, 1.54) is 7.11 Å². The number of rotatable bonds is 3. The Morgan fingerprint density at radius 1 is 1.64 bits per heavy atom. The highest BCUT2D eigenvalue weighted by Gasteiger charge is 2.19. The molecule has 0 aliphatic carbocycles. The summed E-state index contributed by atoms with van der Waals surface area (Å²) in [6.07, 6.45) is 0. The minimum atomic E-state index is -1.08. The maximum atomic E-state index is 10.7. The molecule has 0 saturated heterocycles. The lowest BCUT2D eigenvalue weighted by Crippen LogP contribution is -2.21. The van der Waals surface area contributed by atoms with Crippen molar-refractivity contribution >= 4 is 21.9 Å². The van der Waals surface area contributed by atoms with Crippen molar-refractivity contribution in [3.8, 4) is 5.75 Å². The van der Waals surface area contributed by atoms with E-state index in [1.807, 2.05) is 0 Å². The summed E-state index contributed by atoms with van der Waals surface area (Å²) in [5.74, 6) is -0.621. The Morgan fingerprint density at radius 2 is 2.29 bits per heavy atom. The van der Waals surface area contributed by atoms with Crippen molar-refractivity contribution in [1.29, 1.82) is 0 Å². The van der Waals surface area contributed by atoms with Crippen LogP contribution < -0.4 is 10.5 Å². The van der Waals surface area contributed by atoms with E-state index < -0.39 is 12.0 Å². The van der Waals surface area contributed by atoms with E-state index in [9.17, 15) is 4.79 Å². The molecule has 0 aliphatic heterocycles. The highest BCUT2D eigenvalue weighted by molar-refractivity contribution is 9.10. The lowest BCUT2D eigenvalue weighted by atomic mass is 10.1. The minimum Gasteiger partial charge on any atom is -0.495 e. The molecule has 0 saturated carbocycles. The van der Waals surface area contributed by atoms with Crippen molar-refractivity contribution in [1.82, 2.24) is 0 Å². The molecular formula is C9H10BrNO3. The Labute approximate surface area is 89.8 Å². The summed E-state index contributed by atoms with van der Waals surface area (Å²) in [5, 5.41) is 8.75. The average Bonchev–Trinajstić information content (AvgIpc) is 2.16. The standard InChI is InChI=1S/C9H10BrNO3/c1-14-8-5(7(11)9(12)13)3-2-4-6(8)10/h2-4,7H,11H2,1H3,(H,12,13)/t7-/m0/s1. The normalized spacial score (nSPS) is 12.2. The number of hydrogen-bond acceptors (Lipinski definition) is 3. The number of benzene rings is 1. The molecule has 1 atom stereocenters. The number of nitrogens with two attached hydrogens (primary N) is 1. The smallest absolute Gasteiger partial charge is 0.325 e. The Bertz CT molecular complexity index is 354. The average molecular weight is 260 g/mol. The zero-order chi connectivity index (χ0) is 10.7. The zero-order valence-corrected chi connectivity index (χ0v) is 9.11. The van der Waals surface area contributed by atoms with E-state index in [1.54, 1.807) is 18.2 Å². The molecule has 0 heterocycles. The number of ether oxygens (including phenoxy) is 1. The van der Waals surface area contributed by atoms with Crippen molar-refractivity contribution in [2.45, 2.75) is 6.04 Å². The molecule has 76 valence electrons. The van der Waals surface area contributed by atoms with E-state index in [4.69, 9.17) is 15.6 Å². The highest BCUT2D eigenvalue weighted by Crippen LogP contribution is 2.31. The van der Waals surface area contributed by atoms with Crippen LogP contribution in [-0.4, -0.2) is 18.2 Å². The van der Waals surface area contributed by atoms with Crippen LogP contribution in [0.4, 0.5) is 0 Å². The third kappa shape index (κ3) is 2.05. The first-order chi connectivity index (χ1) is 6.57. The zero-order valence-electron chi connectivity index (χ0n) is 7.53. The molecule has 0 fully saturated rings. The maximum absolute atomic E-state index is 10.7. The second-order valence-corrected chi connectivity index (χ2v) is 3.53. The molecule has 14 heavy (non-hydrogen) atoms. The number of carboxylic acids is 1. The van der Waals surface area contributed by atoms with Gasteiger partial charge < -0.3 is 15.6 Å². The molecule has 0 unspecified atom stereocenters. The molecule has 4 nitrogen and oxygen atoms in total. The molecule has 0 aromatic heterocycles. The molecule has 0 spiro atoms. The molecule has 1 rings (SSSR count). The van der Waals surface area contributed by atoms with Gasteiger partial charge in [-0.2, -0.15) is 0 Å². The van der Waals surface area contributed by atoms with Crippen LogP contribution in [0.5, 0.6) is 5.75 Å². The largest absolute Gasteiger partial charge is 0.495 e. The first-order valence-corrected chi connectivity index (χ1v) is 4.68. The third-order valence-electron chi connectivity index (χ3n) is 1.80. The first-order valence-electron chi connectivity index (χ1n) is 3.88. The second-order valence-electron chi connectivity index (χ2n) is 2.68. The van der Waals surface area contributed by atoms with Crippen molar-refractivity contribution in [3.63, 3.8) is 0 Å². The summed E-state index contributed by atoms with van der Waals surface area (Å²) in [6, 6.07) is 4.03. The minimum absolute atomic E-state index is 0.453. The Kier molecular flexibility index (Phi) is 3.49. The van der Waals surface area contributed by atoms with E-state index in [0.29, 0.717) is 15.8 Å². The van der Waals surface area contributed by atoms with Crippen LogP contribution in [0.3, 0.4) is 0 Å². The van der Waals surface area contributed by atoms with Gasteiger partial charge in [-0.25, -0.2) is 0 Å². The van der Waals surface area contributed by atoms with Crippen LogP contribution in [0, 0.1) is 0 Å². The first kappa shape index (κ1) is 11.0. The lowest BCUT2D eigenvalue weighted by molar-refractivity contribution is -0.138. The summed E-state index contributed by atoms with van der Waals surface area (Å²) in [5.41, 5.74) is 5.94. The summed E-state index contributed by atoms with van der Waals surface area (Å²) in [4.78, 5) is 10.7. The molecule has 0 aliphatic rings. The Hall–Kier alpha value is -1.07. The number of halogens is 1. The molecule has 0 radical (unpaired) electrons. The van der Waals surface area contributed by atoms with Gasteiger partial charge in [0.05, 0.1) is 11.6 Å². The number of hydrogen-bond donors (Lipinski definition) is 2. The van der Waals surface area contributed by atoms with E-state index >= 15 is 0 Å². The molecule has 0 amide bonds. The van der Waals surface area contributed by atoms with Gasteiger partial charge in [-0.3, -0.25) is 4.79 Å². The third-order valence-corrected chi connectivity index (χ3v) is 2.43. The van der Waals surface area contributed by atoms with Crippen LogP contribution >= 0.6 is 15.9 Å². The molecule has 5 heteroatoms. The number of methoxy groups -OCH3 is 1. The summed E-state index contributed by atoms with van der Waals surface area (Å²) in [6.45, 7) is 0. The van der Waals surface area contributed by atoms with Gasteiger partial charge in [-0.1, -0.05) is 12.1 Å². The summed E-state index contributed by atoms with van der Waals surface area (Å²) in [7, 11) is 1.47.